The number of hydrogen-bond donors (Lipinski definition) is 1. The Morgan fingerprint density at radius 1 is 1.09 bits per heavy atom. The Hall–Kier alpha value is -2.53. The van der Waals surface area contributed by atoms with Gasteiger partial charge in [-0.25, -0.2) is 0 Å². The van der Waals surface area contributed by atoms with Gasteiger partial charge in [0.25, 0.3) is 0 Å². The summed E-state index contributed by atoms with van der Waals surface area (Å²) in [6.07, 6.45) is 0. The van der Waals surface area contributed by atoms with Gasteiger partial charge in [-0.05, 0) is 36.8 Å². The first kappa shape index (κ1) is 15.9. The van der Waals surface area contributed by atoms with E-state index in [1.165, 1.54) is 0 Å². The maximum atomic E-state index is 9.21. The van der Waals surface area contributed by atoms with E-state index < -0.39 is 0 Å². The van der Waals surface area contributed by atoms with E-state index in [2.05, 4.69) is 10.5 Å². The first-order valence-corrected chi connectivity index (χ1v) is 7.00. The predicted octanol–water partition coefficient (Wildman–Crippen LogP) is 4.51. The van der Waals surface area contributed by atoms with Crippen LogP contribution in [0.5, 0.6) is 0 Å². The lowest BCUT2D eigenvalue weighted by molar-refractivity contribution is 1.32. The van der Waals surface area contributed by atoms with Crippen molar-refractivity contribution < 1.29 is 0 Å². The van der Waals surface area contributed by atoms with Gasteiger partial charge in [0.1, 0.15) is 6.07 Å². The van der Waals surface area contributed by atoms with Crippen molar-refractivity contribution in [3.8, 4) is 12.1 Å². The van der Waals surface area contributed by atoms with Gasteiger partial charge < -0.3 is 0 Å². The number of aryl methyl sites for hydroxylation is 1. The van der Waals surface area contributed by atoms with Gasteiger partial charge >= 0.3 is 0 Å². The molecular weight excluding hydrogens is 319 g/mol. The Labute approximate surface area is 138 Å². The van der Waals surface area contributed by atoms with Gasteiger partial charge in [0.15, 0.2) is 5.71 Å². The minimum absolute atomic E-state index is 0.164. The van der Waals surface area contributed by atoms with Crippen LogP contribution in [-0.2, 0) is 0 Å². The minimum Gasteiger partial charge on any atom is -0.274 e. The van der Waals surface area contributed by atoms with Crippen molar-refractivity contribution in [3.05, 3.63) is 63.1 Å². The molecule has 0 saturated carbocycles. The van der Waals surface area contributed by atoms with Crippen LogP contribution in [0.25, 0.3) is 0 Å². The van der Waals surface area contributed by atoms with Crippen molar-refractivity contribution >= 4 is 34.6 Å². The predicted molar refractivity (Wildman–Crippen MR) is 88.1 cm³/mol. The van der Waals surface area contributed by atoms with E-state index in [9.17, 15) is 5.26 Å². The van der Waals surface area contributed by atoms with Gasteiger partial charge in [-0.2, -0.15) is 15.6 Å². The summed E-state index contributed by atoms with van der Waals surface area (Å²) in [6, 6.07) is 14.1. The number of hydrogen-bond acceptors (Lipinski definition) is 4. The average molecular weight is 329 g/mol. The van der Waals surface area contributed by atoms with E-state index in [1.807, 2.05) is 19.1 Å². The molecule has 0 heterocycles. The Bertz CT molecular complexity index is 789. The van der Waals surface area contributed by atoms with E-state index >= 15 is 0 Å². The monoisotopic (exact) mass is 328 g/mol. The molecule has 0 radical (unpaired) electrons. The number of hydrazone groups is 1. The third-order valence-electron chi connectivity index (χ3n) is 2.86. The fraction of sp³-hybridized carbons (Fsp3) is 0.0625. The summed E-state index contributed by atoms with van der Waals surface area (Å²) < 4.78 is 0. The second-order valence-electron chi connectivity index (χ2n) is 4.48. The number of rotatable bonds is 3. The topological polar surface area (TPSA) is 72.0 Å². The first-order valence-electron chi connectivity index (χ1n) is 6.25. The Balaban J connectivity index is 2.31. The normalized spacial score (nSPS) is 10.7. The summed E-state index contributed by atoms with van der Waals surface area (Å²) in [6.45, 7) is 1.88. The molecule has 0 fully saturated rings. The third-order valence-corrected chi connectivity index (χ3v) is 3.46. The summed E-state index contributed by atoms with van der Waals surface area (Å²) >= 11 is 12.2. The molecule has 2 aromatic rings. The van der Waals surface area contributed by atoms with Gasteiger partial charge in [-0.15, -0.1) is 0 Å². The molecule has 0 aromatic heterocycles. The van der Waals surface area contributed by atoms with Gasteiger partial charge in [-0.1, -0.05) is 35.3 Å². The molecule has 0 spiro atoms. The highest BCUT2D eigenvalue weighted by Gasteiger charge is 2.08. The molecule has 0 aliphatic carbocycles. The van der Waals surface area contributed by atoms with Gasteiger partial charge in [-0.3, -0.25) is 5.43 Å². The Morgan fingerprint density at radius 2 is 1.68 bits per heavy atom. The molecule has 0 bridgehead atoms. The van der Waals surface area contributed by atoms with Gasteiger partial charge in [0, 0.05) is 5.56 Å². The molecule has 22 heavy (non-hydrogen) atoms. The van der Waals surface area contributed by atoms with Crippen molar-refractivity contribution in [1.82, 2.24) is 0 Å². The Morgan fingerprint density at radius 3 is 2.18 bits per heavy atom. The second-order valence-corrected chi connectivity index (χ2v) is 5.29. The molecular formula is C16H10Cl2N4. The van der Waals surface area contributed by atoms with Crippen LogP contribution in [0.2, 0.25) is 10.0 Å². The average Bonchev–Trinajstić information content (AvgIpc) is 2.50. The highest BCUT2D eigenvalue weighted by molar-refractivity contribution is 6.39. The first-order chi connectivity index (χ1) is 10.5. The van der Waals surface area contributed by atoms with Gasteiger partial charge in [0.2, 0.25) is 0 Å². The minimum atomic E-state index is 0.164. The zero-order valence-electron chi connectivity index (χ0n) is 11.6. The van der Waals surface area contributed by atoms with Crippen LogP contribution in [0.15, 0.2) is 41.5 Å². The van der Waals surface area contributed by atoms with Crippen molar-refractivity contribution in [2.24, 2.45) is 5.10 Å². The smallest absolute Gasteiger partial charge is 0.167 e. The maximum absolute atomic E-state index is 9.21. The Kier molecular flexibility index (Phi) is 5.01. The van der Waals surface area contributed by atoms with E-state index in [0.29, 0.717) is 26.9 Å². The SMILES string of the molecule is Cc1cc(Cl)c(N/N=C(\C#N)c2ccc(C#N)cc2)c(Cl)c1. The number of halogens is 2. The molecule has 1 N–H and O–H groups in total. The van der Waals surface area contributed by atoms with E-state index in [0.717, 1.165) is 5.56 Å². The fourth-order valence-corrected chi connectivity index (χ4v) is 2.46. The molecule has 4 nitrogen and oxygen atoms in total. The zero-order valence-corrected chi connectivity index (χ0v) is 13.1. The summed E-state index contributed by atoms with van der Waals surface area (Å²) in [4.78, 5) is 0. The summed E-state index contributed by atoms with van der Waals surface area (Å²) in [5.74, 6) is 0. The largest absolute Gasteiger partial charge is 0.274 e. The third kappa shape index (κ3) is 3.56. The van der Waals surface area contributed by atoms with Crippen LogP contribution < -0.4 is 5.43 Å². The summed E-state index contributed by atoms with van der Waals surface area (Å²) in [5, 5.41) is 22.9. The van der Waals surface area contributed by atoms with Crippen molar-refractivity contribution in [2.45, 2.75) is 6.92 Å². The lowest BCUT2D eigenvalue weighted by atomic mass is 10.1. The molecule has 0 aliphatic rings. The van der Waals surface area contributed by atoms with Crippen molar-refractivity contribution in [1.29, 1.82) is 10.5 Å². The molecule has 108 valence electrons. The molecule has 6 heteroatoms. The number of nitrogens with one attached hydrogen (secondary N) is 1. The number of nitriles is 2. The molecule has 2 rings (SSSR count). The van der Waals surface area contributed by atoms with E-state index in [-0.39, 0.29) is 5.71 Å². The molecule has 0 saturated heterocycles. The lowest BCUT2D eigenvalue weighted by Crippen LogP contribution is -2.02. The molecule has 0 amide bonds. The van der Waals surface area contributed by atoms with Crippen molar-refractivity contribution in [3.63, 3.8) is 0 Å². The second kappa shape index (κ2) is 6.95. The van der Waals surface area contributed by atoms with Gasteiger partial charge in [0.05, 0.1) is 27.4 Å². The van der Waals surface area contributed by atoms with Crippen LogP contribution >= 0.6 is 23.2 Å². The highest BCUT2D eigenvalue weighted by Crippen LogP contribution is 2.31. The van der Waals surface area contributed by atoms with Crippen LogP contribution in [-0.4, -0.2) is 5.71 Å². The maximum Gasteiger partial charge on any atom is 0.167 e. The number of anilines is 1. The number of nitrogens with zero attached hydrogens (tertiary/aromatic N) is 3. The molecule has 2 aromatic carbocycles. The lowest BCUT2D eigenvalue weighted by Gasteiger charge is -2.08. The molecule has 0 unspecified atom stereocenters. The molecule has 0 atom stereocenters. The zero-order chi connectivity index (χ0) is 16.1. The highest BCUT2D eigenvalue weighted by atomic mass is 35.5. The van der Waals surface area contributed by atoms with E-state index in [1.54, 1.807) is 36.4 Å². The molecule has 0 aliphatic heterocycles. The summed E-state index contributed by atoms with van der Waals surface area (Å²) in [7, 11) is 0. The number of benzene rings is 2. The van der Waals surface area contributed by atoms with Crippen LogP contribution in [0.1, 0.15) is 16.7 Å². The standard InChI is InChI=1S/C16H10Cl2N4/c1-10-6-13(17)16(14(18)7-10)22-21-15(9-20)12-4-2-11(8-19)3-5-12/h2-7,22H,1H3/b21-15+. The quantitative estimate of drug-likeness (QED) is 0.665. The summed E-state index contributed by atoms with van der Waals surface area (Å²) in [5.41, 5.74) is 5.36. The van der Waals surface area contributed by atoms with Crippen LogP contribution in [0, 0.1) is 29.6 Å². The fourth-order valence-electron chi connectivity index (χ4n) is 1.78. The van der Waals surface area contributed by atoms with Crippen LogP contribution in [0.3, 0.4) is 0 Å². The van der Waals surface area contributed by atoms with Crippen LogP contribution in [0.4, 0.5) is 5.69 Å². The van der Waals surface area contributed by atoms with Crippen molar-refractivity contribution in [2.75, 3.05) is 5.43 Å². The van der Waals surface area contributed by atoms with E-state index in [4.69, 9.17) is 28.5 Å².